The molecule has 30 heavy (non-hydrogen) atoms. The third kappa shape index (κ3) is 4.65. The quantitative estimate of drug-likeness (QED) is 0.734. The minimum absolute atomic E-state index is 0.770. The molecule has 0 radical (unpaired) electrons. The van der Waals surface area contributed by atoms with Gasteiger partial charge in [-0.15, -0.1) is 0 Å². The van der Waals surface area contributed by atoms with Crippen LogP contribution in [0.1, 0.15) is 32.1 Å². The Hall–Kier alpha value is -1.64. The molecule has 1 saturated carbocycles. The highest BCUT2D eigenvalue weighted by atomic mass is 16.5. The number of morpholine rings is 2. The average molecular weight is 417 g/mol. The summed E-state index contributed by atoms with van der Waals surface area (Å²) in [4.78, 5) is 19.8. The number of ether oxygens (including phenoxy) is 2. The lowest BCUT2D eigenvalue weighted by Gasteiger charge is -2.41. The van der Waals surface area contributed by atoms with Gasteiger partial charge in [-0.3, -0.25) is 4.90 Å². The standard InChI is InChI=1S/C22H36N6O2/c1-2-4-19(5-3-1)25-6-8-28(9-7-25)22-23-20(26-10-14-29-15-11-26)18-21(24-22)27-12-16-30-17-13-27/h18-19H,1-17H2. The van der Waals surface area contributed by atoms with Gasteiger partial charge in [-0.25, -0.2) is 0 Å². The third-order valence-corrected chi connectivity index (χ3v) is 7.05. The van der Waals surface area contributed by atoms with E-state index in [1.807, 2.05) is 0 Å². The van der Waals surface area contributed by atoms with Gasteiger partial charge in [0.15, 0.2) is 0 Å². The number of anilines is 3. The predicted octanol–water partition coefficient (Wildman–Crippen LogP) is 1.60. The summed E-state index contributed by atoms with van der Waals surface area (Å²) in [5, 5.41) is 0. The second-order valence-corrected chi connectivity index (χ2v) is 8.90. The topological polar surface area (TPSA) is 57.2 Å². The van der Waals surface area contributed by atoms with Crippen molar-refractivity contribution in [3.8, 4) is 0 Å². The van der Waals surface area contributed by atoms with Gasteiger partial charge in [-0.2, -0.15) is 9.97 Å². The molecule has 5 rings (SSSR count). The maximum atomic E-state index is 5.56. The Bertz CT molecular complexity index is 642. The molecule has 0 N–H and O–H groups in total. The van der Waals surface area contributed by atoms with Crippen LogP contribution in [-0.2, 0) is 9.47 Å². The molecule has 3 aliphatic heterocycles. The maximum Gasteiger partial charge on any atom is 0.229 e. The van der Waals surface area contributed by atoms with Crippen LogP contribution >= 0.6 is 0 Å². The third-order valence-electron chi connectivity index (χ3n) is 7.05. The Balaban J connectivity index is 1.32. The first kappa shape index (κ1) is 20.3. The Labute approximate surface area is 180 Å². The van der Waals surface area contributed by atoms with Crippen LogP contribution in [0.3, 0.4) is 0 Å². The highest BCUT2D eigenvalue weighted by Crippen LogP contribution is 2.27. The van der Waals surface area contributed by atoms with Crippen molar-refractivity contribution >= 4 is 17.6 Å². The molecule has 4 heterocycles. The van der Waals surface area contributed by atoms with E-state index in [-0.39, 0.29) is 0 Å². The summed E-state index contributed by atoms with van der Waals surface area (Å²) < 4.78 is 11.1. The van der Waals surface area contributed by atoms with Crippen molar-refractivity contribution in [1.29, 1.82) is 0 Å². The van der Waals surface area contributed by atoms with E-state index >= 15 is 0 Å². The smallest absolute Gasteiger partial charge is 0.229 e. The van der Waals surface area contributed by atoms with Gasteiger partial charge in [-0.1, -0.05) is 19.3 Å². The molecule has 0 unspecified atom stereocenters. The minimum Gasteiger partial charge on any atom is -0.378 e. The van der Waals surface area contributed by atoms with Crippen LogP contribution in [-0.4, -0.2) is 99.7 Å². The molecule has 4 fully saturated rings. The molecule has 0 amide bonds. The van der Waals surface area contributed by atoms with E-state index in [4.69, 9.17) is 19.4 Å². The second kappa shape index (κ2) is 9.66. The Morgan fingerprint density at radius 1 is 0.633 bits per heavy atom. The van der Waals surface area contributed by atoms with Crippen molar-refractivity contribution in [2.45, 2.75) is 38.1 Å². The van der Waals surface area contributed by atoms with E-state index in [0.29, 0.717) is 0 Å². The van der Waals surface area contributed by atoms with Gasteiger partial charge in [0.1, 0.15) is 11.6 Å². The summed E-state index contributed by atoms with van der Waals surface area (Å²) in [7, 11) is 0. The molecule has 0 aromatic carbocycles. The first-order valence-electron chi connectivity index (χ1n) is 11.9. The van der Waals surface area contributed by atoms with Crippen LogP contribution in [0.25, 0.3) is 0 Å². The zero-order valence-corrected chi connectivity index (χ0v) is 18.2. The molecule has 0 spiro atoms. The van der Waals surface area contributed by atoms with E-state index in [2.05, 4.69) is 25.7 Å². The summed E-state index contributed by atoms with van der Waals surface area (Å²) in [6.07, 6.45) is 6.98. The molecule has 1 aliphatic carbocycles. The van der Waals surface area contributed by atoms with Gasteiger partial charge < -0.3 is 24.2 Å². The van der Waals surface area contributed by atoms with Crippen molar-refractivity contribution in [2.75, 3.05) is 93.5 Å². The fourth-order valence-corrected chi connectivity index (χ4v) is 5.19. The fraction of sp³-hybridized carbons (Fsp3) is 0.818. The first-order valence-corrected chi connectivity index (χ1v) is 11.9. The van der Waals surface area contributed by atoms with Gasteiger partial charge in [0.2, 0.25) is 5.95 Å². The highest BCUT2D eigenvalue weighted by Gasteiger charge is 2.27. The number of piperazine rings is 1. The predicted molar refractivity (Wildman–Crippen MR) is 119 cm³/mol. The van der Waals surface area contributed by atoms with Crippen molar-refractivity contribution in [3.05, 3.63) is 6.07 Å². The Kier molecular flexibility index (Phi) is 6.53. The van der Waals surface area contributed by atoms with E-state index in [1.54, 1.807) is 0 Å². The van der Waals surface area contributed by atoms with Gasteiger partial charge >= 0.3 is 0 Å². The number of nitrogens with zero attached hydrogens (tertiary/aromatic N) is 6. The normalized spacial score (nSPS) is 25.0. The van der Waals surface area contributed by atoms with E-state index in [9.17, 15) is 0 Å². The fourth-order valence-electron chi connectivity index (χ4n) is 5.19. The van der Waals surface area contributed by atoms with Crippen molar-refractivity contribution in [3.63, 3.8) is 0 Å². The van der Waals surface area contributed by atoms with E-state index in [0.717, 1.165) is 102 Å². The Morgan fingerprint density at radius 3 is 1.70 bits per heavy atom. The van der Waals surface area contributed by atoms with Gasteiger partial charge in [0.05, 0.1) is 26.4 Å². The summed E-state index contributed by atoms with van der Waals surface area (Å²) in [5.74, 6) is 2.97. The lowest BCUT2D eigenvalue weighted by Crippen LogP contribution is -2.51. The van der Waals surface area contributed by atoms with Crippen LogP contribution in [0.4, 0.5) is 17.6 Å². The summed E-state index contributed by atoms with van der Waals surface area (Å²) >= 11 is 0. The van der Waals surface area contributed by atoms with E-state index in [1.165, 1.54) is 32.1 Å². The molecule has 0 atom stereocenters. The van der Waals surface area contributed by atoms with E-state index < -0.39 is 0 Å². The lowest BCUT2D eigenvalue weighted by atomic mass is 9.94. The molecule has 4 aliphatic rings. The SMILES string of the molecule is c1c(N2CCOCC2)nc(N2CCN(C3CCCCC3)CC2)nc1N1CCOCC1. The van der Waals surface area contributed by atoms with Crippen LogP contribution in [0.15, 0.2) is 6.07 Å². The molecule has 166 valence electrons. The zero-order chi connectivity index (χ0) is 20.2. The summed E-state index contributed by atoms with van der Waals surface area (Å²) in [6.45, 7) is 11.0. The number of hydrogen-bond acceptors (Lipinski definition) is 8. The van der Waals surface area contributed by atoms with Crippen LogP contribution < -0.4 is 14.7 Å². The van der Waals surface area contributed by atoms with Crippen LogP contribution in [0.5, 0.6) is 0 Å². The largest absolute Gasteiger partial charge is 0.378 e. The van der Waals surface area contributed by atoms with Crippen molar-refractivity contribution in [2.24, 2.45) is 0 Å². The lowest BCUT2D eigenvalue weighted by molar-refractivity contribution is 0.122. The van der Waals surface area contributed by atoms with Gasteiger partial charge in [-0.05, 0) is 12.8 Å². The highest BCUT2D eigenvalue weighted by molar-refractivity contribution is 5.56. The molecule has 3 saturated heterocycles. The maximum absolute atomic E-state index is 5.56. The monoisotopic (exact) mass is 416 g/mol. The first-order chi connectivity index (χ1) is 14.9. The summed E-state index contributed by atoms with van der Waals surface area (Å²) in [5.41, 5.74) is 0. The van der Waals surface area contributed by atoms with Crippen LogP contribution in [0, 0.1) is 0 Å². The van der Waals surface area contributed by atoms with Gasteiger partial charge in [0, 0.05) is 64.5 Å². The zero-order valence-electron chi connectivity index (χ0n) is 18.2. The molecular formula is C22H36N6O2. The Morgan fingerprint density at radius 2 is 1.17 bits per heavy atom. The molecule has 0 bridgehead atoms. The molecule has 1 aromatic heterocycles. The number of rotatable bonds is 4. The number of aromatic nitrogens is 2. The van der Waals surface area contributed by atoms with Crippen LogP contribution in [0.2, 0.25) is 0 Å². The summed E-state index contributed by atoms with van der Waals surface area (Å²) in [6, 6.07) is 2.96. The second-order valence-electron chi connectivity index (χ2n) is 8.90. The number of hydrogen-bond donors (Lipinski definition) is 0. The minimum atomic E-state index is 0.770. The van der Waals surface area contributed by atoms with Gasteiger partial charge in [0.25, 0.3) is 0 Å². The average Bonchev–Trinajstić information content (AvgIpc) is 2.85. The molecule has 8 heteroatoms. The van der Waals surface area contributed by atoms with Crippen molar-refractivity contribution < 1.29 is 9.47 Å². The molecule has 8 nitrogen and oxygen atoms in total. The van der Waals surface area contributed by atoms with Crippen molar-refractivity contribution in [1.82, 2.24) is 14.9 Å². The molecular weight excluding hydrogens is 380 g/mol. The molecule has 1 aromatic rings.